The predicted molar refractivity (Wildman–Crippen MR) is 192 cm³/mol. The number of para-hydroxylation sites is 1. The van der Waals surface area contributed by atoms with Crippen molar-refractivity contribution >= 4 is 54.1 Å². The molecule has 0 unspecified atom stereocenters. The first kappa shape index (κ1) is 25.8. The summed E-state index contributed by atoms with van der Waals surface area (Å²) in [6.45, 7) is 0. The second-order valence-electron chi connectivity index (χ2n) is 11.9. The fourth-order valence-electron chi connectivity index (χ4n) is 7.19. The molecular formula is C42H25N5. The van der Waals surface area contributed by atoms with Crippen molar-refractivity contribution < 1.29 is 0 Å². The Morgan fingerprint density at radius 1 is 0.447 bits per heavy atom. The van der Waals surface area contributed by atoms with Crippen LogP contribution in [0.15, 0.2) is 152 Å². The molecule has 0 atom stereocenters. The van der Waals surface area contributed by atoms with Crippen LogP contribution in [0.5, 0.6) is 0 Å². The van der Waals surface area contributed by atoms with Crippen LogP contribution in [-0.4, -0.2) is 24.5 Å². The minimum absolute atomic E-state index is 0.805. The van der Waals surface area contributed by atoms with E-state index >= 15 is 0 Å². The molecule has 0 amide bonds. The zero-order chi connectivity index (χ0) is 30.9. The van der Waals surface area contributed by atoms with Crippen LogP contribution in [0.4, 0.5) is 0 Å². The lowest BCUT2D eigenvalue weighted by Crippen LogP contribution is -1.99. The summed E-state index contributed by atoms with van der Waals surface area (Å²) in [5.41, 5.74) is 7.60. The molecule has 0 spiro atoms. The van der Waals surface area contributed by atoms with Crippen LogP contribution in [0.3, 0.4) is 0 Å². The van der Waals surface area contributed by atoms with Gasteiger partial charge in [0.2, 0.25) is 0 Å². The maximum Gasteiger partial charge on any atom is 0.138 e. The molecule has 5 nitrogen and oxygen atoms in total. The van der Waals surface area contributed by atoms with Gasteiger partial charge in [0.1, 0.15) is 5.82 Å². The molecule has 0 saturated heterocycles. The molecule has 47 heavy (non-hydrogen) atoms. The first-order valence-corrected chi connectivity index (χ1v) is 15.7. The zero-order valence-corrected chi connectivity index (χ0v) is 25.2. The summed E-state index contributed by atoms with van der Waals surface area (Å²) in [5, 5.41) is 9.72. The Morgan fingerprint density at radius 2 is 1.19 bits per heavy atom. The van der Waals surface area contributed by atoms with Gasteiger partial charge in [-0.3, -0.25) is 14.5 Å². The summed E-state index contributed by atoms with van der Waals surface area (Å²) in [6, 6.07) is 46.7. The normalized spacial score (nSPS) is 11.8. The molecular weight excluding hydrogens is 574 g/mol. The lowest BCUT2D eigenvalue weighted by Gasteiger charge is -2.15. The Bertz CT molecular complexity index is 2730. The third-order valence-corrected chi connectivity index (χ3v) is 9.29. The molecule has 0 radical (unpaired) electrons. The molecule has 5 heteroatoms. The van der Waals surface area contributed by atoms with E-state index in [1.165, 1.54) is 32.3 Å². The van der Waals surface area contributed by atoms with Crippen molar-refractivity contribution in [2.24, 2.45) is 0 Å². The predicted octanol–water partition coefficient (Wildman–Crippen LogP) is 10.3. The number of benzene rings is 5. The van der Waals surface area contributed by atoms with Gasteiger partial charge in [-0.2, -0.15) is 0 Å². The lowest BCUT2D eigenvalue weighted by atomic mass is 9.90. The van der Waals surface area contributed by atoms with Crippen molar-refractivity contribution in [1.29, 1.82) is 0 Å². The Balaban J connectivity index is 1.21. The second-order valence-corrected chi connectivity index (χ2v) is 11.9. The van der Waals surface area contributed by atoms with Gasteiger partial charge in [0.05, 0.1) is 33.8 Å². The van der Waals surface area contributed by atoms with Gasteiger partial charge in [-0.25, -0.2) is 9.97 Å². The number of pyridine rings is 4. The standard InChI is InChI=1S/C42H25N5/c1-2-12-38-31(9-1)33-25-43-22-20-39(33)47(38)40-13-6-11-34(46-40)29-23-36(45-37(24-29)35-10-3-4-21-44-35)30-18-16-28-15-14-26-7-5-8-27-17-19-32(30)42(28)41(26)27/h1-25H. The zero-order valence-electron chi connectivity index (χ0n) is 25.2. The Labute approximate surface area is 269 Å². The minimum atomic E-state index is 0.805. The van der Waals surface area contributed by atoms with Crippen LogP contribution in [0.2, 0.25) is 0 Å². The largest absolute Gasteiger partial charge is 0.294 e. The van der Waals surface area contributed by atoms with Crippen molar-refractivity contribution in [2.45, 2.75) is 0 Å². The second kappa shape index (κ2) is 10.0. The third kappa shape index (κ3) is 3.97. The highest BCUT2D eigenvalue weighted by molar-refractivity contribution is 6.25. The summed E-state index contributed by atoms with van der Waals surface area (Å²) in [6.07, 6.45) is 5.59. The molecule has 5 aromatic heterocycles. The van der Waals surface area contributed by atoms with E-state index in [1.807, 2.05) is 36.8 Å². The fourth-order valence-corrected chi connectivity index (χ4v) is 7.19. The van der Waals surface area contributed by atoms with E-state index in [-0.39, 0.29) is 0 Å². The van der Waals surface area contributed by atoms with Gasteiger partial charge in [0.25, 0.3) is 0 Å². The molecule has 0 aliphatic heterocycles. The number of nitrogens with zero attached hydrogens (tertiary/aromatic N) is 5. The number of rotatable bonds is 4. The summed E-state index contributed by atoms with van der Waals surface area (Å²) in [7, 11) is 0. The highest BCUT2D eigenvalue weighted by Gasteiger charge is 2.17. The highest BCUT2D eigenvalue weighted by Crippen LogP contribution is 2.40. The van der Waals surface area contributed by atoms with E-state index < -0.39 is 0 Å². The molecule has 5 aromatic carbocycles. The van der Waals surface area contributed by atoms with Crippen LogP contribution in [0.1, 0.15) is 0 Å². The van der Waals surface area contributed by atoms with Crippen molar-refractivity contribution in [3.05, 3.63) is 152 Å². The van der Waals surface area contributed by atoms with Crippen LogP contribution in [0.25, 0.3) is 93.8 Å². The fraction of sp³-hybridized carbons (Fsp3) is 0. The summed E-state index contributed by atoms with van der Waals surface area (Å²) < 4.78 is 2.22. The van der Waals surface area contributed by atoms with Gasteiger partial charge >= 0.3 is 0 Å². The van der Waals surface area contributed by atoms with Gasteiger partial charge in [0, 0.05) is 40.5 Å². The summed E-state index contributed by atoms with van der Waals surface area (Å²) >= 11 is 0. The first-order chi connectivity index (χ1) is 23.3. The van der Waals surface area contributed by atoms with Crippen LogP contribution in [-0.2, 0) is 0 Å². The maximum atomic E-state index is 5.28. The summed E-state index contributed by atoms with van der Waals surface area (Å²) in [4.78, 5) is 19.6. The van der Waals surface area contributed by atoms with Crippen LogP contribution < -0.4 is 0 Å². The smallest absolute Gasteiger partial charge is 0.138 e. The monoisotopic (exact) mass is 599 g/mol. The molecule has 0 bridgehead atoms. The van der Waals surface area contributed by atoms with E-state index in [2.05, 4.69) is 130 Å². The van der Waals surface area contributed by atoms with E-state index in [0.717, 1.165) is 61.5 Å². The van der Waals surface area contributed by atoms with E-state index in [1.54, 1.807) is 0 Å². The SMILES string of the molecule is c1ccc(-c2cc(-c3cccc(-n4c5ccccc5c5cnccc54)n3)cc(-c3ccc4ccc5cccc6ccc3c4c56)n2)nc1. The highest BCUT2D eigenvalue weighted by atomic mass is 15.1. The molecule has 0 saturated carbocycles. The molecule has 5 heterocycles. The quantitative estimate of drug-likeness (QED) is 0.189. The molecule has 0 aliphatic carbocycles. The average molecular weight is 600 g/mol. The van der Waals surface area contributed by atoms with E-state index in [9.17, 15) is 0 Å². The first-order valence-electron chi connectivity index (χ1n) is 15.7. The molecule has 0 aliphatic rings. The molecule has 10 aromatic rings. The topological polar surface area (TPSA) is 56.5 Å². The molecule has 218 valence electrons. The molecule has 0 fully saturated rings. The molecule has 0 N–H and O–H groups in total. The molecule has 10 rings (SSSR count). The number of hydrogen-bond donors (Lipinski definition) is 0. The Morgan fingerprint density at radius 3 is 2.09 bits per heavy atom. The van der Waals surface area contributed by atoms with Crippen molar-refractivity contribution in [2.75, 3.05) is 0 Å². The van der Waals surface area contributed by atoms with Gasteiger partial charge in [-0.05, 0) is 80.8 Å². The number of aromatic nitrogens is 5. The van der Waals surface area contributed by atoms with Crippen LogP contribution in [0, 0.1) is 0 Å². The van der Waals surface area contributed by atoms with Gasteiger partial charge in [0.15, 0.2) is 0 Å². The number of fused-ring (bicyclic) bond motifs is 3. The van der Waals surface area contributed by atoms with E-state index in [0.29, 0.717) is 0 Å². The van der Waals surface area contributed by atoms with Crippen LogP contribution >= 0.6 is 0 Å². The Kier molecular flexibility index (Phi) is 5.51. The maximum absolute atomic E-state index is 5.28. The minimum Gasteiger partial charge on any atom is -0.294 e. The van der Waals surface area contributed by atoms with Crippen molar-refractivity contribution in [3.8, 4) is 39.7 Å². The number of hydrogen-bond acceptors (Lipinski definition) is 4. The van der Waals surface area contributed by atoms with Gasteiger partial charge < -0.3 is 0 Å². The summed E-state index contributed by atoms with van der Waals surface area (Å²) in [5.74, 6) is 0.848. The van der Waals surface area contributed by atoms with Gasteiger partial charge in [-0.15, -0.1) is 0 Å². The Hall–Kier alpha value is -6.46. The average Bonchev–Trinajstić information content (AvgIpc) is 3.48. The third-order valence-electron chi connectivity index (χ3n) is 9.29. The van der Waals surface area contributed by atoms with Crippen molar-refractivity contribution in [1.82, 2.24) is 24.5 Å². The van der Waals surface area contributed by atoms with Crippen molar-refractivity contribution in [3.63, 3.8) is 0 Å². The van der Waals surface area contributed by atoms with E-state index in [4.69, 9.17) is 9.97 Å². The van der Waals surface area contributed by atoms with Gasteiger partial charge in [-0.1, -0.05) is 84.9 Å². The lowest BCUT2D eigenvalue weighted by molar-refractivity contribution is 1.08.